The van der Waals surface area contributed by atoms with Gasteiger partial charge in [-0.05, 0) is 44.7 Å². The maximum absolute atomic E-state index is 11.6. The van der Waals surface area contributed by atoms with Crippen LogP contribution in [0, 0.1) is 0 Å². The van der Waals surface area contributed by atoms with Crippen LogP contribution in [0.5, 0.6) is 0 Å². The molecule has 1 aromatic carbocycles. The van der Waals surface area contributed by atoms with Crippen molar-refractivity contribution in [2.75, 3.05) is 0 Å². The van der Waals surface area contributed by atoms with Crippen molar-refractivity contribution in [2.45, 2.75) is 71.2 Å². The van der Waals surface area contributed by atoms with E-state index in [-0.39, 0.29) is 6.09 Å². The summed E-state index contributed by atoms with van der Waals surface area (Å²) in [5, 5.41) is 6.38. The highest BCUT2D eigenvalue weighted by Gasteiger charge is 2.16. The van der Waals surface area contributed by atoms with Crippen LogP contribution in [0.3, 0.4) is 0 Å². The summed E-state index contributed by atoms with van der Waals surface area (Å²) < 4.78 is 5.22. The van der Waals surface area contributed by atoms with Gasteiger partial charge in [0, 0.05) is 19.1 Å². The topological polar surface area (TPSA) is 50.4 Å². The number of carbonyl (C=O) groups excluding carboxylic acids is 1. The molecule has 0 radical (unpaired) electrons. The molecule has 1 aliphatic carbocycles. The number of hydrogen-bond acceptors (Lipinski definition) is 3. The fraction of sp³-hybridized carbons (Fsp3) is 0.611. The first kappa shape index (κ1) is 16.8. The van der Waals surface area contributed by atoms with Crippen LogP contribution in [0.2, 0.25) is 0 Å². The van der Waals surface area contributed by atoms with Crippen molar-refractivity contribution >= 4 is 6.09 Å². The molecule has 22 heavy (non-hydrogen) atoms. The second-order valence-electron chi connectivity index (χ2n) is 7.03. The minimum atomic E-state index is -0.458. The molecular weight excluding hydrogens is 276 g/mol. The lowest BCUT2D eigenvalue weighted by Gasteiger charge is -2.19. The van der Waals surface area contributed by atoms with E-state index in [1.807, 2.05) is 20.8 Å². The molecular formula is C18H28N2O2. The average molecular weight is 304 g/mol. The Morgan fingerprint density at radius 3 is 2.18 bits per heavy atom. The molecule has 1 aliphatic rings. The number of benzene rings is 1. The molecule has 1 fully saturated rings. The Kier molecular flexibility index (Phi) is 5.83. The third kappa shape index (κ3) is 6.06. The van der Waals surface area contributed by atoms with Gasteiger partial charge in [-0.1, -0.05) is 37.1 Å². The first-order valence-corrected chi connectivity index (χ1v) is 8.20. The second kappa shape index (κ2) is 7.63. The quantitative estimate of drug-likeness (QED) is 0.871. The Hall–Kier alpha value is -1.55. The van der Waals surface area contributed by atoms with Crippen molar-refractivity contribution < 1.29 is 9.53 Å². The molecule has 4 nitrogen and oxygen atoms in total. The second-order valence-corrected chi connectivity index (χ2v) is 7.03. The Labute approximate surface area is 133 Å². The maximum atomic E-state index is 11.6. The van der Waals surface area contributed by atoms with E-state index in [9.17, 15) is 4.79 Å². The van der Waals surface area contributed by atoms with Crippen LogP contribution in [0.4, 0.5) is 4.79 Å². The van der Waals surface area contributed by atoms with Crippen LogP contribution in [0.25, 0.3) is 0 Å². The molecule has 0 bridgehead atoms. The Morgan fingerprint density at radius 1 is 1.09 bits per heavy atom. The first-order valence-electron chi connectivity index (χ1n) is 8.20. The van der Waals surface area contributed by atoms with Gasteiger partial charge >= 0.3 is 6.09 Å². The van der Waals surface area contributed by atoms with E-state index >= 15 is 0 Å². The lowest BCUT2D eigenvalue weighted by atomic mass is 10.1. The van der Waals surface area contributed by atoms with Gasteiger partial charge in [0.05, 0.1) is 0 Å². The number of nitrogens with one attached hydrogen (secondary N) is 2. The molecule has 122 valence electrons. The molecule has 0 saturated heterocycles. The summed E-state index contributed by atoms with van der Waals surface area (Å²) in [6.07, 6.45) is 4.94. The summed E-state index contributed by atoms with van der Waals surface area (Å²) in [5.41, 5.74) is 1.91. The van der Waals surface area contributed by atoms with E-state index in [0.717, 1.165) is 12.1 Å². The van der Waals surface area contributed by atoms with Gasteiger partial charge in [-0.2, -0.15) is 0 Å². The Bertz CT molecular complexity index is 471. The van der Waals surface area contributed by atoms with Gasteiger partial charge in [-0.15, -0.1) is 0 Å². The Morgan fingerprint density at radius 2 is 1.64 bits per heavy atom. The van der Waals surface area contributed by atoms with Crippen molar-refractivity contribution in [1.29, 1.82) is 0 Å². The zero-order valence-electron chi connectivity index (χ0n) is 13.9. The number of carbonyl (C=O) groups is 1. The molecule has 0 unspecified atom stereocenters. The van der Waals surface area contributed by atoms with Crippen LogP contribution in [0.1, 0.15) is 57.6 Å². The van der Waals surface area contributed by atoms with Crippen LogP contribution < -0.4 is 10.6 Å². The zero-order valence-corrected chi connectivity index (χ0v) is 13.9. The molecule has 1 amide bonds. The predicted molar refractivity (Wildman–Crippen MR) is 88.6 cm³/mol. The number of ether oxygens (including phenoxy) is 1. The van der Waals surface area contributed by atoms with Crippen molar-refractivity contribution in [3.8, 4) is 0 Å². The van der Waals surface area contributed by atoms with Crippen molar-refractivity contribution in [2.24, 2.45) is 0 Å². The third-order valence-electron chi connectivity index (χ3n) is 3.81. The molecule has 2 N–H and O–H groups in total. The van der Waals surface area contributed by atoms with Crippen molar-refractivity contribution in [3.63, 3.8) is 0 Å². The molecule has 0 aromatic heterocycles. The molecule has 1 aromatic rings. The summed E-state index contributed by atoms with van der Waals surface area (Å²) in [4.78, 5) is 11.6. The number of hydrogen-bond donors (Lipinski definition) is 2. The van der Waals surface area contributed by atoms with Gasteiger partial charge in [0.1, 0.15) is 5.60 Å². The normalized spacial score (nSPS) is 15.8. The van der Waals surface area contributed by atoms with Crippen molar-refractivity contribution in [1.82, 2.24) is 10.6 Å². The lowest BCUT2D eigenvalue weighted by Crippen LogP contribution is -2.32. The zero-order chi connectivity index (χ0) is 16.0. The molecule has 1 saturated carbocycles. The minimum absolute atomic E-state index is 0.375. The molecule has 0 spiro atoms. The summed E-state index contributed by atoms with van der Waals surface area (Å²) in [7, 11) is 0. The van der Waals surface area contributed by atoms with Gasteiger partial charge in [0.25, 0.3) is 0 Å². The minimum Gasteiger partial charge on any atom is -0.444 e. The van der Waals surface area contributed by atoms with Gasteiger partial charge in [-0.25, -0.2) is 4.79 Å². The lowest BCUT2D eigenvalue weighted by molar-refractivity contribution is 0.0523. The van der Waals surface area contributed by atoms with E-state index in [0.29, 0.717) is 12.6 Å². The highest BCUT2D eigenvalue weighted by molar-refractivity contribution is 5.67. The summed E-state index contributed by atoms with van der Waals surface area (Å²) in [6, 6.07) is 9.04. The fourth-order valence-electron chi connectivity index (χ4n) is 2.66. The van der Waals surface area contributed by atoms with Gasteiger partial charge in [0.15, 0.2) is 0 Å². The Balaban J connectivity index is 1.73. The SMILES string of the molecule is CC(C)(C)OC(=O)NCc1ccc(CNC2CCCC2)cc1. The van der Waals surface area contributed by atoms with Crippen molar-refractivity contribution in [3.05, 3.63) is 35.4 Å². The summed E-state index contributed by atoms with van der Waals surface area (Å²) in [5.74, 6) is 0. The standard InChI is InChI=1S/C18H28N2O2/c1-18(2,3)22-17(21)20-13-15-10-8-14(9-11-15)12-19-16-6-4-5-7-16/h8-11,16,19H,4-7,12-13H2,1-3H3,(H,20,21). The van der Waals surface area contributed by atoms with Gasteiger partial charge in [-0.3, -0.25) is 0 Å². The van der Waals surface area contributed by atoms with E-state index in [4.69, 9.17) is 4.74 Å². The fourth-order valence-corrected chi connectivity index (χ4v) is 2.66. The number of rotatable bonds is 5. The van der Waals surface area contributed by atoms with E-state index in [2.05, 4.69) is 34.9 Å². The van der Waals surface area contributed by atoms with Crippen LogP contribution >= 0.6 is 0 Å². The van der Waals surface area contributed by atoms with E-state index in [1.54, 1.807) is 0 Å². The smallest absolute Gasteiger partial charge is 0.407 e. The van der Waals surface area contributed by atoms with Crippen LogP contribution in [-0.4, -0.2) is 17.7 Å². The molecule has 4 heteroatoms. The molecule has 0 atom stereocenters. The first-order chi connectivity index (χ1) is 10.4. The highest BCUT2D eigenvalue weighted by atomic mass is 16.6. The third-order valence-corrected chi connectivity index (χ3v) is 3.81. The highest BCUT2D eigenvalue weighted by Crippen LogP contribution is 2.18. The molecule has 2 rings (SSSR count). The largest absolute Gasteiger partial charge is 0.444 e. The molecule has 0 heterocycles. The van der Waals surface area contributed by atoms with Crippen LogP contribution in [-0.2, 0) is 17.8 Å². The van der Waals surface area contributed by atoms with Gasteiger partial charge in [0.2, 0.25) is 0 Å². The number of alkyl carbamates (subject to hydrolysis) is 1. The molecule has 0 aliphatic heterocycles. The average Bonchev–Trinajstić information content (AvgIpc) is 2.95. The van der Waals surface area contributed by atoms with E-state index < -0.39 is 5.60 Å². The van der Waals surface area contributed by atoms with Gasteiger partial charge < -0.3 is 15.4 Å². The summed E-state index contributed by atoms with van der Waals surface area (Å²) >= 11 is 0. The van der Waals surface area contributed by atoms with Crippen LogP contribution in [0.15, 0.2) is 24.3 Å². The summed E-state index contributed by atoms with van der Waals surface area (Å²) in [6.45, 7) is 6.99. The number of amides is 1. The maximum Gasteiger partial charge on any atom is 0.407 e. The monoisotopic (exact) mass is 304 g/mol. The predicted octanol–water partition coefficient (Wildman–Crippen LogP) is 3.74. The van der Waals surface area contributed by atoms with E-state index in [1.165, 1.54) is 31.2 Å².